The molecular formula is C15H23NO2. The van der Waals surface area contributed by atoms with Crippen molar-refractivity contribution in [3.63, 3.8) is 0 Å². The van der Waals surface area contributed by atoms with E-state index in [1.54, 1.807) is 0 Å². The number of aryl methyl sites for hydroxylation is 1. The van der Waals surface area contributed by atoms with Crippen molar-refractivity contribution in [1.29, 1.82) is 0 Å². The van der Waals surface area contributed by atoms with Gasteiger partial charge in [-0.2, -0.15) is 0 Å². The fourth-order valence-corrected chi connectivity index (χ4v) is 1.64. The van der Waals surface area contributed by atoms with Gasteiger partial charge in [-0.3, -0.25) is 4.79 Å². The summed E-state index contributed by atoms with van der Waals surface area (Å²) in [6.45, 7) is 9.01. The van der Waals surface area contributed by atoms with E-state index >= 15 is 0 Å². The maximum absolute atomic E-state index is 10.2. The van der Waals surface area contributed by atoms with Gasteiger partial charge in [-0.15, -0.1) is 0 Å². The molecule has 100 valence electrons. The third-order valence-corrected chi connectivity index (χ3v) is 3.19. The van der Waals surface area contributed by atoms with Gasteiger partial charge in [-0.1, -0.05) is 13.0 Å². The van der Waals surface area contributed by atoms with Crippen molar-refractivity contribution in [3.8, 4) is 5.75 Å². The number of benzene rings is 1. The van der Waals surface area contributed by atoms with Gasteiger partial charge in [0.2, 0.25) is 6.41 Å². The molecule has 0 aliphatic rings. The van der Waals surface area contributed by atoms with Crippen LogP contribution < -0.4 is 10.1 Å². The molecule has 1 N–H and O–H groups in total. The second-order valence-corrected chi connectivity index (χ2v) is 5.13. The molecule has 0 bridgehead atoms. The van der Waals surface area contributed by atoms with E-state index in [0.717, 1.165) is 25.0 Å². The first-order valence-corrected chi connectivity index (χ1v) is 6.44. The molecule has 0 heterocycles. The van der Waals surface area contributed by atoms with Crippen LogP contribution in [0.2, 0.25) is 0 Å². The van der Waals surface area contributed by atoms with E-state index in [1.807, 2.05) is 6.07 Å². The van der Waals surface area contributed by atoms with Crippen molar-refractivity contribution in [2.24, 2.45) is 0 Å². The first-order valence-electron chi connectivity index (χ1n) is 6.44. The molecule has 0 radical (unpaired) electrons. The summed E-state index contributed by atoms with van der Waals surface area (Å²) in [5, 5.41) is 2.68. The zero-order chi connectivity index (χ0) is 13.6. The molecule has 0 saturated heterocycles. The number of hydrogen-bond donors (Lipinski definition) is 1. The molecule has 0 atom stereocenters. The fourth-order valence-electron chi connectivity index (χ4n) is 1.64. The predicted octanol–water partition coefficient (Wildman–Crippen LogP) is 2.85. The molecule has 1 amide bonds. The van der Waals surface area contributed by atoms with E-state index < -0.39 is 0 Å². The molecule has 1 rings (SSSR count). The molecule has 1 aromatic rings. The summed E-state index contributed by atoms with van der Waals surface area (Å²) < 4.78 is 5.96. The number of ether oxygens (including phenoxy) is 1. The van der Waals surface area contributed by atoms with Gasteiger partial charge in [0.25, 0.3) is 0 Å². The van der Waals surface area contributed by atoms with Crippen molar-refractivity contribution in [1.82, 2.24) is 5.32 Å². The lowest BCUT2D eigenvalue weighted by atomic mass is 10.0. The minimum absolute atomic E-state index is 0.145. The Bertz CT molecular complexity index is 399. The van der Waals surface area contributed by atoms with Gasteiger partial charge in [0.1, 0.15) is 11.4 Å². The molecule has 18 heavy (non-hydrogen) atoms. The Morgan fingerprint density at radius 1 is 1.39 bits per heavy atom. The highest BCUT2D eigenvalue weighted by Gasteiger charge is 2.17. The van der Waals surface area contributed by atoms with Gasteiger partial charge in [-0.25, -0.2) is 0 Å². The van der Waals surface area contributed by atoms with Gasteiger partial charge in [0.05, 0.1) is 0 Å². The van der Waals surface area contributed by atoms with Crippen LogP contribution in [0.1, 0.15) is 38.3 Å². The monoisotopic (exact) mass is 249 g/mol. The van der Waals surface area contributed by atoms with Crippen molar-refractivity contribution >= 4 is 6.41 Å². The number of hydrogen-bond acceptors (Lipinski definition) is 2. The zero-order valence-corrected chi connectivity index (χ0v) is 11.7. The van der Waals surface area contributed by atoms with Crippen LogP contribution in [0.5, 0.6) is 5.75 Å². The minimum Gasteiger partial charge on any atom is -0.488 e. The van der Waals surface area contributed by atoms with Crippen LogP contribution in [-0.2, 0) is 11.2 Å². The first-order chi connectivity index (χ1) is 8.48. The number of nitrogens with one attached hydrogen (secondary N) is 1. The first kappa shape index (κ1) is 14.6. The van der Waals surface area contributed by atoms with Crippen LogP contribution in [0.3, 0.4) is 0 Å². The van der Waals surface area contributed by atoms with E-state index in [2.05, 4.69) is 45.1 Å². The summed E-state index contributed by atoms with van der Waals surface area (Å²) in [7, 11) is 0. The molecule has 3 nitrogen and oxygen atoms in total. The second-order valence-electron chi connectivity index (χ2n) is 5.13. The normalized spacial score (nSPS) is 11.1. The lowest BCUT2D eigenvalue weighted by Crippen LogP contribution is -2.26. The molecule has 3 heteroatoms. The number of carbonyl (C=O) groups excluding carboxylic acids is 1. The quantitative estimate of drug-likeness (QED) is 0.596. The summed E-state index contributed by atoms with van der Waals surface area (Å²) in [5.41, 5.74) is 2.30. The van der Waals surface area contributed by atoms with Gasteiger partial charge >= 0.3 is 0 Å². The molecule has 0 aliphatic carbocycles. The molecule has 0 fully saturated rings. The SMILES string of the molecule is CCC(C)(C)Oc1ccc(C)c(CCNC=O)c1. The Labute approximate surface area is 110 Å². The molecule has 0 aromatic heterocycles. The largest absolute Gasteiger partial charge is 0.488 e. The number of carbonyl (C=O) groups is 1. The van der Waals surface area contributed by atoms with Crippen molar-refractivity contribution in [2.75, 3.05) is 6.54 Å². The molecular weight excluding hydrogens is 226 g/mol. The fraction of sp³-hybridized carbons (Fsp3) is 0.533. The smallest absolute Gasteiger partial charge is 0.207 e. The third kappa shape index (κ3) is 4.40. The van der Waals surface area contributed by atoms with Crippen LogP contribution in [0, 0.1) is 6.92 Å². The van der Waals surface area contributed by atoms with Crippen molar-refractivity contribution in [2.45, 2.75) is 46.1 Å². The Morgan fingerprint density at radius 2 is 2.11 bits per heavy atom. The van der Waals surface area contributed by atoms with Crippen molar-refractivity contribution in [3.05, 3.63) is 29.3 Å². The standard InChI is InChI=1S/C15H23NO2/c1-5-15(3,4)18-14-7-6-12(2)13(10-14)8-9-16-11-17/h6-7,10-11H,5,8-9H2,1-4H3,(H,16,17). The molecule has 0 spiro atoms. The third-order valence-electron chi connectivity index (χ3n) is 3.19. The minimum atomic E-state index is -0.145. The summed E-state index contributed by atoms with van der Waals surface area (Å²) >= 11 is 0. The molecule has 0 unspecified atom stereocenters. The highest BCUT2D eigenvalue weighted by molar-refractivity contribution is 5.46. The lowest BCUT2D eigenvalue weighted by Gasteiger charge is -2.25. The van der Waals surface area contributed by atoms with Crippen LogP contribution in [-0.4, -0.2) is 18.6 Å². The van der Waals surface area contributed by atoms with Gasteiger partial charge in [-0.05, 0) is 56.9 Å². The Morgan fingerprint density at radius 3 is 2.72 bits per heavy atom. The van der Waals surface area contributed by atoms with E-state index in [1.165, 1.54) is 11.1 Å². The summed E-state index contributed by atoms with van der Waals surface area (Å²) in [6, 6.07) is 6.14. The van der Waals surface area contributed by atoms with Crippen LogP contribution in [0.25, 0.3) is 0 Å². The topological polar surface area (TPSA) is 38.3 Å². The average molecular weight is 249 g/mol. The molecule has 0 saturated carbocycles. The lowest BCUT2D eigenvalue weighted by molar-refractivity contribution is -0.109. The second kappa shape index (κ2) is 6.43. The number of rotatable bonds is 7. The maximum atomic E-state index is 10.2. The average Bonchev–Trinajstić information content (AvgIpc) is 2.33. The van der Waals surface area contributed by atoms with Gasteiger partial charge < -0.3 is 10.1 Å². The highest BCUT2D eigenvalue weighted by Crippen LogP contribution is 2.23. The van der Waals surface area contributed by atoms with E-state index in [0.29, 0.717) is 6.54 Å². The van der Waals surface area contributed by atoms with Gasteiger partial charge in [0.15, 0.2) is 0 Å². The van der Waals surface area contributed by atoms with Crippen LogP contribution >= 0.6 is 0 Å². The van der Waals surface area contributed by atoms with E-state index in [-0.39, 0.29) is 5.60 Å². The zero-order valence-electron chi connectivity index (χ0n) is 11.7. The van der Waals surface area contributed by atoms with Gasteiger partial charge in [0, 0.05) is 6.54 Å². The molecule has 0 aliphatic heterocycles. The maximum Gasteiger partial charge on any atom is 0.207 e. The van der Waals surface area contributed by atoms with E-state index in [4.69, 9.17) is 4.74 Å². The van der Waals surface area contributed by atoms with E-state index in [9.17, 15) is 4.79 Å². The summed E-state index contributed by atoms with van der Waals surface area (Å²) in [4.78, 5) is 10.2. The summed E-state index contributed by atoms with van der Waals surface area (Å²) in [6.07, 6.45) is 2.52. The predicted molar refractivity (Wildman–Crippen MR) is 73.9 cm³/mol. The molecule has 1 aromatic carbocycles. The Hall–Kier alpha value is -1.51. The Kier molecular flexibility index (Phi) is 5.20. The Balaban J connectivity index is 2.76. The highest BCUT2D eigenvalue weighted by atomic mass is 16.5. The van der Waals surface area contributed by atoms with Crippen molar-refractivity contribution < 1.29 is 9.53 Å². The summed E-state index contributed by atoms with van der Waals surface area (Å²) in [5.74, 6) is 0.897. The number of amides is 1. The van der Waals surface area contributed by atoms with Crippen LogP contribution in [0.15, 0.2) is 18.2 Å². The van der Waals surface area contributed by atoms with Crippen LogP contribution in [0.4, 0.5) is 0 Å².